The molecule has 2 N–H and O–H groups in total. The van der Waals surface area contributed by atoms with Gasteiger partial charge in [-0.1, -0.05) is 0 Å². The van der Waals surface area contributed by atoms with Crippen LogP contribution in [0.4, 0.5) is 9.18 Å². The van der Waals surface area contributed by atoms with E-state index in [1.165, 1.54) is 18.6 Å². The Kier molecular flexibility index (Phi) is 3.39. The molecule has 4 rings (SSSR count). The van der Waals surface area contributed by atoms with Crippen molar-refractivity contribution in [3.63, 3.8) is 0 Å². The van der Waals surface area contributed by atoms with E-state index in [0.29, 0.717) is 24.2 Å². The van der Waals surface area contributed by atoms with Crippen LogP contribution in [0.1, 0.15) is 11.3 Å². The summed E-state index contributed by atoms with van der Waals surface area (Å²) >= 11 is 0. The maximum Gasteiger partial charge on any atom is 0.416 e. The van der Waals surface area contributed by atoms with Gasteiger partial charge >= 0.3 is 6.09 Å². The van der Waals surface area contributed by atoms with Crippen LogP contribution in [0.5, 0.6) is 11.6 Å². The predicted molar refractivity (Wildman–Crippen MR) is 82.8 cm³/mol. The van der Waals surface area contributed by atoms with Crippen LogP contribution in [-0.4, -0.2) is 32.3 Å². The lowest BCUT2D eigenvalue weighted by atomic mass is 10.1. The van der Waals surface area contributed by atoms with E-state index in [9.17, 15) is 9.18 Å². The highest BCUT2D eigenvalue weighted by Crippen LogP contribution is 2.31. The van der Waals surface area contributed by atoms with Gasteiger partial charge in [0, 0.05) is 29.8 Å². The third-order valence-electron chi connectivity index (χ3n) is 4.00. The summed E-state index contributed by atoms with van der Waals surface area (Å²) in [5.74, 6) is -0.313. The highest BCUT2D eigenvalue weighted by atomic mass is 19.1. The largest absolute Gasteiger partial charge is 0.464 e. The molecule has 1 aromatic carbocycles. The third kappa shape index (κ3) is 2.37. The molecule has 122 valence electrons. The molecule has 0 amide bonds. The Hall–Kier alpha value is -3.00. The van der Waals surface area contributed by atoms with E-state index in [2.05, 4.69) is 15.3 Å². The molecule has 0 radical (unpaired) electrons. The lowest BCUT2D eigenvalue weighted by Crippen LogP contribution is -2.25. The number of nitrogens with one attached hydrogen (secondary N) is 1. The lowest BCUT2D eigenvalue weighted by Gasteiger charge is -2.18. The number of benzene rings is 1. The van der Waals surface area contributed by atoms with Crippen LogP contribution in [0.3, 0.4) is 0 Å². The predicted octanol–water partition coefficient (Wildman–Crippen LogP) is 2.53. The molecule has 3 heterocycles. The number of carboxylic acid groups (broad SMARTS) is 1. The zero-order chi connectivity index (χ0) is 16.7. The van der Waals surface area contributed by atoms with Gasteiger partial charge in [0.2, 0.25) is 5.88 Å². The van der Waals surface area contributed by atoms with Gasteiger partial charge in [0.05, 0.1) is 11.2 Å². The number of hydrogen-bond donors (Lipinski definition) is 2. The zero-order valence-electron chi connectivity index (χ0n) is 12.5. The van der Waals surface area contributed by atoms with Gasteiger partial charge in [0.25, 0.3) is 0 Å². The summed E-state index contributed by atoms with van der Waals surface area (Å²) < 4.78 is 21.0. The van der Waals surface area contributed by atoms with Crippen LogP contribution in [0, 0.1) is 5.82 Å². The van der Waals surface area contributed by atoms with E-state index in [1.54, 1.807) is 6.07 Å². The van der Waals surface area contributed by atoms with Crippen LogP contribution < -0.4 is 10.1 Å². The molecule has 3 aromatic rings. The highest BCUT2D eigenvalue weighted by molar-refractivity contribution is 5.89. The van der Waals surface area contributed by atoms with Crippen molar-refractivity contribution in [2.75, 3.05) is 6.54 Å². The molecular formula is C16H13FN4O3. The van der Waals surface area contributed by atoms with E-state index < -0.39 is 11.9 Å². The first-order valence-electron chi connectivity index (χ1n) is 7.38. The Bertz CT molecular complexity index is 954. The molecule has 2 aromatic heterocycles. The van der Waals surface area contributed by atoms with Crippen molar-refractivity contribution >= 4 is 17.0 Å². The highest BCUT2D eigenvalue weighted by Gasteiger charge is 2.19. The molecule has 0 saturated heterocycles. The van der Waals surface area contributed by atoms with Crippen molar-refractivity contribution in [2.24, 2.45) is 0 Å². The second kappa shape index (κ2) is 5.57. The smallest absolute Gasteiger partial charge is 0.416 e. The summed E-state index contributed by atoms with van der Waals surface area (Å²) in [6.07, 6.45) is 2.29. The fraction of sp³-hybridized carbons (Fsp3) is 0.188. The summed E-state index contributed by atoms with van der Waals surface area (Å²) in [6.45, 7) is 1.40. The van der Waals surface area contributed by atoms with Crippen LogP contribution in [0.25, 0.3) is 10.9 Å². The van der Waals surface area contributed by atoms with Crippen molar-refractivity contribution in [1.29, 1.82) is 0 Å². The number of hydrogen-bond acceptors (Lipinski definition) is 5. The maximum absolute atomic E-state index is 14.4. The Morgan fingerprint density at radius 3 is 3.08 bits per heavy atom. The van der Waals surface area contributed by atoms with E-state index >= 15 is 0 Å². The second-order valence-corrected chi connectivity index (χ2v) is 5.44. The molecule has 0 fully saturated rings. The van der Waals surface area contributed by atoms with E-state index in [-0.39, 0.29) is 11.3 Å². The lowest BCUT2D eigenvalue weighted by molar-refractivity contribution is 0.197. The second-order valence-electron chi connectivity index (χ2n) is 5.44. The minimum absolute atomic E-state index is 0.00470. The van der Waals surface area contributed by atoms with Gasteiger partial charge < -0.3 is 15.2 Å². The summed E-state index contributed by atoms with van der Waals surface area (Å²) in [5.41, 5.74) is 1.96. The van der Waals surface area contributed by atoms with Crippen molar-refractivity contribution < 1.29 is 19.0 Å². The van der Waals surface area contributed by atoms with Crippen LogP contribution in [-0.2, 0) is 13.0 Å². The minimum Gasteiger partial charge on any atom is -0.464 e. The van der Waals surface area contributed by atoms with Crippen molar-refractivity contribution in [3.8, 4) is 11.6 Å². The quantitative estimate of drug-likeness (QED) is 0.751. The molecule has 0 atom stereocenters. The van der Waals surface area contributed by atoms with Gasteiger partial charge in [0.15, 0.2) is 11.6 Å². The first kappa shape index (κ1) is 14.6. The van der Waals surface area contributed by atoms with Crippen molar-refractivity contribution in [2.45, 2.75) is 13.0 Å². The normalized spacial score (nSPS) is 13.7. The van der Waals surface area contributed by atoms with Gasteiger partial charge in [-0.05, 0) is 25.1 Å². The minimum atomic E-state index is -1.17. The Morgan fingerprint density at radius 2 is 2.25 bits per heavy atom. The fourth-order valence-electron chi connectivity index (χ4n) is 2.83. The van der Waals surface area contributed by atoms with Gasteiger partial charge in [-0.25, -0.2) is 19.2 Å². The van der Waals surface area contributed by atoms with Gasteiger partial charge in [0.1, 0.15) is 6.33 Å². The zero-order valence-corrected chi connectivity index (χ0v) is 12.5. The standard InChI is InChI=1S/C16H13FN4O3/c17-11-6-13-9(2-4-21(13)16(22)23)5-14(11)24-15-10-1-3-18-7-12(10)19-8-20-15/h2,4-6,8,18H,1,3,7H2,(H,22,23). The molecule has 0 aliphatic carbocycles. The number of halogens is 1. The number of aromatic nitrogens is 3. The van der Waals surface area contributed by atoms with E-state index in [4.69, 9.17) is 9.84 Å². The van der Waals surface area contributed by atoms with Crippen LogP contribution >= 0.6 is 0 Å². The monoisotopic (exact) mass is 328 g/mol. The third-order valence-corrected chi connectivity index (χ3v) is 4.00. The molecule has 0 unspecified atom stereocenters. The number of fused-ring (bicyclic) bond motifs is 2. The van der Waals surface area contributed by atoms with Gasteiger partial charge in [-0.3, -0.25) is 4.57 Å². The molecule has 0 spiro atoms. The molecule has 0 bridgehead atoms. The average Bonchev–Trinajstić information content (AvgIpc) is 2.98. The number of carbonyl (C=O) groups is 1. The Morgan fingerprint density at radius 1 is 1.38 bits per heavy atom. The fourth-order valence-corrected chi connectivity index (χ4v) is 2.83. The molecule has 1 aliphatic heterocycles. The topological polar surface area (TPSA) is 89.3 Å². The number of ether oxygens (including phenoxy) is 1. The van der Waals surface area contributed by atoms with Crippen molar-refractivity contribution in [1.82, 2.24) is 19.9 Å². The van der Waals surface area contributed by atoms with E-state index in [1.807, 2.05) is 0 Å². The molecule has 24 heavy (non-hydrogen) atoms. The summed E-state index contributed by atoms with van der Waals surface area (Å²) in [4.78, 5) is 19.4. The van der Waals surface area contributed by atoms with Crippen LogP contribution in [0.15, 0.2) is 30.7 Å². The maximum atomic E-state index is 14.4. The van der Waals surface area contributed by atoms with E-state index in [0.717, 1.165) is 28.4 Å². The SMILES string of the molecule is O=C(O)n1ccc2cc(Oc3ncnc4c3CCNC4)c(F)cc21. The summed E-state index contributed by atoms with van der Waals surface area (Å²) in [5, 5.41) is 12.9. The van der Waals surface area contributed by atoms with Crippen LogP contribution in [0.2, 0.25) is 0 Å². The summed E-state index contributed by atoms with van der Waals surface area (Å²) in [7, 11) is 0. The first-order chi connectivity index (χ1) is 11.6. The Labute approximate surface area is 135 Å². The molecule has 0 saturated carbocycles. The Balaban J connectivity index is 1.75. The molecule has 1 aliphatic rings. The average molecular weight is 328 g/mol. The molecule has 7 nitrogen and oxygen atoms in total. The van der Waals surface area contributed by atoms with Gasteiger partial charge in [-0.2, -0.15) is 0 Å². The molecule has 8 heteroatoms. The first-order valence-corrected chi connectivity index (χ1v) is 7.38. The van der Waals surface area contributed by atoms with Gasteiger partial charge in [-0.15, -0.1) is 0 Å². The summed E-state index contributed by atoms with van der Waals surface area (Å²) in [6, 6.07) is 4.21. The molecular weight excluding hydrogens is 315 g/mol. The van der Waals surface area contributed by atoms with Crippen molar-refractivity contribution in [3.05, 3.63) is 47.8 Å². The number of nitrogens with zero attached hydrogens (tertiary/aromatic N) is 3. The number of rotatable bonds is 2.